The molecule has 0 unspecified atom stereocenters. The molecule has 0 aliphatic rings. The topological polar surface area (TPSA) is 75.6 Å². The first-order valence-electron chi connectivity index (χ1n) is 5.56. The lowest BCUT2D eigenvalue weighted by atomic mass is 10.2. The van der Waals surface area contributed by atoms with Crippen molar-refractivity contribution in [2.24, 2.45) is 0 Å². The molecule has 0 bridgehead atoms. The highest BCUT2D eigenvalue weighted by Gasteiger charge is 2.12. The third-order valence-electron chi connectivity index (χ3n) is 2.08. The van der Waals surface area contributed by atoms with Gasteiger partial charge in [0.25, 0.3) is 0 Å². The number of ether oxygens (including phenoxy) is 1. The SMILES string of the molecule is CCC=C(OC(=O)NCc1ccccc1)C(=O)O. The van der Waals surface area contributed by atoms with E-state index in [4.69, 9.17) is 5.11 Å². The number of carboxylic acid groups (broad SMARTS) is 1. The first kappa shape index (κ1) is 13.8. The minimum Gasteiger partial charge on any atom is -0.475 e. The molecule has 0 heterocycles. The van der Waals surface area contributed by atoms with E-state index in [0.29, 0.717) is 13.0 Å². The van der Waals surface area contributed by atoms with Gasteiger partial charge in [-0.25, -0.2) is 9.59 Å². The number of nitrogens with one attached hydrogen (secondary N) is 1. The second kappa shape index (κ2) is 7.11. The Bertz CT molecular complexity index is 440. The third kappa shape index (κ3) is 4.69. The fourth-order valence-electron chi connectivity index (χ4n) is 1.26. The van der Waals surface area contributed by atoms with Crippen LogP contribution in [-0.2, 0) is 16.1 Å². The maximum atomic E-state index is 11.4. The van der Waals surface area contributed by atoms with Gasteiger partial charge in [0.15, 0.2) is 0 Å². The molecule has 0 atom stereocenters. The van der Waals surface area contributed by atoms with Gasteiger partial charge in [-0.05, 0) is 18.1 Å². The highest BCUT2D eigenvalue weighted by Crippen LogP contribution is 2.02. The van der Waals surface area contributed by atoms with Gasteiger partial charge >= 0.3 is 12.1 Å². The van der Waals surface area contributed by atoms with E-state index < -0.39 is 12.1 Å². The molecule has 1 rings (SSSR count). The van der Waals surface area contributed by atoms with Crippen LogP contribution < -0.4 is 5.32 Å². The highest BCUT2D eigenvalue weighted by molar-refractivity contribution is 5.87. The van der Waals surface area contributed by atoms with E-state index in [9.17, 15) is 9.59 Å². The highest BCUT2D eigenvalue weighted by atomic mass is 16.6. The van der Waals surface area contributed by atoms with Crippen LogP contribution in [-0.4, -0.2) is 17.2 Å². The number of carbonyl (C=O) groups excluding carboxylic acids is 1. The van der Waals surface area contributed by atoms with E-state index in [-0.39, 0.29) is 5.76 Å². The molecule has 5 nitrogen and oxygen atoms in total. The maximum Gasteiger partial charge on any atom is 0.413 e. The number of hydrogen-bond acceptors (Lipinski definition) is 3. The first-order chi connectivity index (χ1) is 8.63. The van der Waals surface area contributed by atoms with Gasteiger partial charge in [0, 0.05) is 6.54 Å². The van der Waals surface area contributed by atoms with Crippen molar-refractivity contribution in [2.75, 3.05) is 0 Å². The van der Waals surface area contributed by atoms with Crippen LogP contribution >= 0.6 is 0 Å². The number of rotatable bonds is 5. The Morgan fingerprint density at radius 3 is 2.56 bits per heavy atom. The number of benzene rings is 1. The molecule has 96 valence electrons. The minimum atomic E-state index is -1.26. The number of hydrogen-bond donors (Lipinski definition) is 2. The largest absolute Gasteiger partial charge is 0.475 e. The fraction of sp³-hybridized carbons (Fsp3) is 0.231. The number of carbonyl (C=O) groups is 2. The van der Waals surface area contributed by atoms with Crippen molar-refractivity contribution >= 4 is 12.1 Å². The van der Waals surface area contributed by atoms with Crippen LogP contribution in [0.3, 0.4) is 0 Å². The smallest absolute Gasteiger partial charge is 0.413 e. The average molecular weight is 249 g/mol. The van der Waals surface area contributed by atoms with Crippen LogP contribution in [0.1, 0.15) is 18.9 Å². The summed E-state index contributed by atoms with van der Waals surface area (Å²) in [5, 5.41) is 11.2. The van der Waals surface area contributed by atoms with Crippen molar-refractivity contribution < 1.29 is 19.4 Å². The second-order valence-corrected chi connectivity index (χ2v) is 3.51. The van der Waals surface area contributed by atoms with Gasteiger partial charge in [0.2, 0.25) is 5.76 Å². The van der Waals surface area contributed by atoms with E-state index in [1.807, 2.05) is 30.3 Å². The quantitative estimate of drug-likeness (QED) is 0.620. The van der Waals surface area contributed by atoms with Crippen molar-refractivity contribution in [3.8, 4) is 0 Å². The Hall–Kier alpha value is -2.30. The van der Waals surface area contributed by atoms with Gasteiger partial charge in [0.1, 0.15) is 0 Å². The Labute approximate surface area is 105 Å². The predicted molar refractivity (Wildman–Crippen MR) is 65.8 cm³/mol. The normalized spacial score (nSPS) is 10.8. The van der Waals surface area contributed by atoms with Crippen molar-refractivity contribution in [1.29, 1.82) is 0 Å². The van der Waals surface area contributed by atoms with E-state index in [0.717, 1.165) is 5.56 Å². The first-order valence-corrected chi connectivity index (χ1v) is 5.56. The van der Waals surface area contributed by atoms with Crippen molar-refractivity contribution in [1.82, 2.24) is 5.32 Å². The summed E-state index contributed by atoms with van der Waals surface area (Å²) in [5.74, 6) is -1.62. The monoisotopic (exact) mass is 249 g/mol. The van der Waals surface area contributed by atoms with Crippen LogP contribution in [0.4, 0.5) is 4.79 Å². The lowest BCUT2D eigenvalue weighted by Crippen LogP contribution is -2.25. The molecule has 0 aliphatic heterocycles. The zero-order chi connectivity index (χ0) is 13.4. The Morgan fingerprint density at radius 2 is 2.00 bits per heavy atom. The number of amides is 1. The van der Waals surface area contributed by atoms with Crippen LogP contribution in [0, 0.1) is 0 Å². The molecule has 0 fully saturated rings. The lowest BCUT2D eigenvalue weighted by Gasteiger charge is -2.06. The fourth-order valence-corrected chi connectivity index (χ4v) is 1.26. The molecule has 0 radical (unpaired) electrons. The molecular weight excluding hydrogens is 234 g/mol. The molecule has 1 aromatic carbocycles. The summed E-state index contributed by atoms with van der Waals surface area (Å²) in [5.41, 5.74) is 0.908. The van der Waals surface area contributed by atoms with Crippen LogP contribution in [0.2, 0.25) is 0 Å². The second-order valence-electron chi connectivity index (χ2n) is 3.51. The lowest BCUT2D eigenvalue weighted by molar-refractivity contribution is -0.135. The zero-order valence-corrected chi connectivity index (χ0v) is 10.1. The summed E-state index contributed by atoms with van der Waals surface area (Å²) in [7, 11) is 0. The van der Waals surface area contributed by atoms with Gasteiger partial charge in [-0.2, -0.15) is 0 Å². The van der Waals surface area contributed by atoms with E-state index in [1.165, 1.54) is 6.08 Å². The summed E-state index contributed by atoms with van der Waals surface area (Å²) in [6, 6.07) is 9.26. The number of alkyl carbamates (subject to hydrolysis) is 1. The number of aliphatic carboxylic acids is 1. The Kier molecular flexibility index (Phi) is 5.44. The van der Waals surface area contributed by atoms with Gasteiger partial charge in [-0.3, -0.25) is 0 Å². The summed E-state index contributed by atoms with van der Waals surface area (Å²) in [6.07, 6.45) is 1.04. The predicted octanol–water partition coefficient (Wildman–Crippen LogP) is 2.29. The Morgan fingerprint density at radius 1 is 1.33 bits per heavy atom. The molecule has 0 saturated carbocycles. The van der Waals surface area contributed by atoms with Crippen molar-refractivity contribution in [3.05, 3.63) is 47.7 Å². The number of carboxylic acids is 1. The van der Waals surface area contributed by atoms with E-state index in [1.54, 1.807) is 6.92 Å². The molecule has 1 aromatic rings. The van der Waals surface area contributed by atoms with Crippen molar-refractivity contribution in [2.45, 2.75) is 19.9 Å². The third-order valence-corrected chi connectivity index (χ3v) is 2.08. The summed E-state index contributed by atoms with van der Waals surface area (Å²) >= 11 is 0. The summed E-state index contributed by atoms with van der Waals surface area (Å²) in [4.78, 5) is 22.1. The van der Waals surface area contributed by atoms with Gasteiger partial charge in [0.05, 0.1) is 0 Å². The molecule has 2 N–H and O–H groups in total. The van der Waals surface area contributed by atoms with Crippen LogP contribution in [0.25, 0.3) is 0 Å². The van der Waals surface area contributed by atoms with Gasteiger partial charge in [-0.15, -0.1) is 0 Å². The minimum absolute atomic E-state index is 0.290. The Balaban J connectivity index is 2.47. The molecular formula is C13H15NO4. The molecule has 18 heavy (non-hydrogen) atoms. The van der Waals surface area contributed by atoms with E-state index in [2.05, 4.69) is 10.1 Å². The van der Waals surface area contributed by atoms with E-state index >= 15 is 0 Å². The van der Waals surface area contributed by atoms with Crippen LogP contribution in [0.5, 0.6) is 0 Å². The molecule has 1 amide bonds. The van der Waals surface area contributed by atoms with Gasteiger partial charge in [-0.1, -0.05) is 37.3 Å². The molecule has 0 aromatic heterocycles. The molecule has 5 heteroatoms. The van der Waals surface area contributed by atoms with Gasteiger partial charge < -0.3 is 15.2 Å². The standard InChI is InChI=1S/C13H15NO4/c1-2-6-11(12(15)16)18-13(17)14-9-10-7-4-3-5-8-10/h3-8H,2,9H2,1H3,(H,14,17)(H,15,16). The zero-order valence-electron chi connectivity index (χ0n) is 10.1. The summed E-state index contributed by atoms with van der Waals surface area (Å²) in [6.45, 7) is 2.05. The number of allylic oxidation sites excluding steroid dienone is 1. The maximum absolute atomic E-state index is 11.4. The average Bonchev–Trinajstić information content (AvgIpc) is 2.37. The molecule has 0 spiro atoms. The molecule has 0 saturated heterocycles. The molecule has 0 aliphatic carbocycles. The summed E-state index contributed by atoms with van der Waals surface area (Å²) < 4.78 is 4.69. The van der Waals surface area contributed by atoms with Crippen molar-refractivity contribution in [3.63, 3.8) is 0 Å². The van der Waals surface area contributed by atoms with Crippen LogP contribution in [0.15, 0.2) is 42.2 Å².